The van der Waals surface area contributed by atoms with Crippen LogP contribution in [0.25, 0.3) is 22.5 Å². The van der Waals surface area contributed by atoms with Crippen molar-refractivity contribution in [3.63, 3.8) is 0 Å². The summed E-state index contributed by atoms with van der Waals surface area (Å²) < 4.78 is 33.0. The van der Waals surface area contributed by atoms with Crippen LogP contribution in [0.5, 0.6) is 0 Å². The van der Waals surface area contributed by atoms with Crippen LogP contribution in [-0.4, -0.2) is 24.9 Å². The smallest absolute Gasteiger partial charge is 0.307 e. The van der Waals surface area contributed by atoms with Crippen LogP contribution in [0.4, 0.5) is 8.78 Å². The molecule has 6 nitrogen and oxygen atoms in total. The molecule has 0 atom stereocenters. The van der Waals surface area contributed by atoms with E-state index in [-0.39, 0.29) is 5.89 Å². The Morgan fingerprint density at radius 2 is 2.10 bits per heavy atom. The van der Waals surface area contributed by atoms with Gasteiger partial charge in [0.1, 0.15) is 0 Å². The van der Waals surface area contributed by atoms with Gasteiger partial charge < -0.3 is 4.52 Å². The van der Waals surface area contributed by atoms with Crippen LogP contribution in [0.1, 0.15) is 25.4 Å². The molecule has 3 rings (SSSR count). The average molecular weight is 293 g/mol. The largest absolute Gasteiger partial charge is 0.334 e. The highest BCUT2D eigenvalue weighted by Crippen LogP contribution is 2.29. The van der Waals surface area contributed by atoms with E-state index in [2.05, 4.69) is 20.2 Å². The molecule has 110 valence electrons. The first-order valence-electron chi connectivity index (χ1n) is 6.45. The minimum atomic E-state index is -3.14. The summed E-state index contributed by atoms with van der Waals surface area (Å²) in [6.07, 6.45) is 1.67. The number of hydrogen-bond donors (Lipinski definition) is 0. The van der Waals surface area contributed by atoms with Crippen LogP contribution in [0.3, 0.4) is 0 Å². The minimum Gasteiger partial charge on any atom is -0.334 e. The van der Waals surface area contributed by atoms with Gasteiger partial charge in [-0.25, -0.2) is 9.67 Å². The molecule has 8 heteroatoms. The van der Waals surface area contributed by atoms with Crippen molar-refractivity contribution in [1.82, 2.24) is 24.9 Å². The number of pyridine rings is 1. The van der Waals surface area contributed by atoms with E-state index in [1.54, 1.807) is 23.9 Å². The Kier molecular flexibility index (Phi) is 2.96. The summed E-state index contributed by atoms with van der Waals surface area (Å²) in [5.41, 5.74) is 1.88. The van der Waals surface area contributed by atoms with Gasteiger partial charge in [0.05, 0.1) is 17.5 Å². The van der Waals surface area contributed by atoms with Crippen LogP contribution >= 0.6 is 0 Å². The lowest BCUT2D eigenvalue weighted by molar-refractivity contribution is 0.00559. The summed E-state index contributed by atoms with van der Waals surface area (Å²) in [5.74, 6) is -3.75. The van der Waals surface area contributed by atoms with Crippen LogP contribution in [0.2, 0.25) is 0 Å². The highest BCUT2D eigenvalue weighted by atomic mass is 19.3. The minimum absolute atomic E-state index is 0.0303. The Labute approximate surface area is 118 Å². The normalized spacial score (nSPS) is 12.2. The first kappa shape index (κ1) is 13.6. The lowest BCUT2D eigenvalue weighted by atomic mass is 10.1. The molecule has 0 unspecified atom stereocenters. The van der Waals surface area contributed by atoms with Gasteiger partial charge in [0, 0.05) is 18.9 Å². The van der Waals surface area contributed by atoms with Gasteiger partial charge in [0.15, 0.2) is 5.65 Å². The molecule has 0 N–H and O–H groups in total. The van der Waals surface area contributed by atoms with Gasteiger partial charge in [-0.1, -0.05) is 5.16 Å². The number of halogens is 2. The fourth-order valence-electron chi connectivity index (χ4n) is 2.06. The molecule has 0 saturated heterocycles. The van der Waals surface area contributed by atoms with E-state index in [9.17, 15) is 8.78 Å². The maximum Gasteiger partial charge on any atom is 0.307 e. The zero-order chi connectivity index (χ0) is 15.2. The van der Waals surface area contributed by atoms with Crippen LogP contribution < -0.4 is 0 Å². The van der Waals surface area contributed by atoms with Gasteiger partial charge >= 0.3 is 5.92 Å². The molecule has 0 bridgehead atoms. The van der Waals surface area contributed by atoms with Crippen molar-refractivity contribution < 1.29 is 13.3 Å². The molecule has 0 aromatic carbocycles. The number of aromatic nitrogens is 5. The van der Waals surface area contributed by atoms with Gasteiger partial charge in [-0.05, 0) is 19.9 Å². The van der Waals surface area contributed by atoms with Crippen LogP contribution in [0.15, 0.2) is 16.8 Å². The molecule has 0 amide bonds. The number of fused-ring (bicyclic) bond motifs is 1. The molecule has 0 radical (unpaired) electrons. The first-order chi connectivity index (χ1) is 9.90. The highest BCUT2D eigenvalue weighted by Gasteiger charge is 2.31. The van der Waals surface area contributed by atoms with Crippen molar-refractivity contribution in [3.8, 4) is 11.5 Å². The molecular weight excluding hydrogens is 280 g/mol. The maximum absolute atomic E-state index is 13.2. The third-order valence-corrected chi connectivity index (χ3v) is 3.15. The van der Waals surface area contributed by atoms with E-state index < -0.39 is 11.7 Å². The van der Waals surface area contributed by atoms with E-state index in [0.29, 0.717) is 17.8 Å². The number of nitrogens with zero attached hydrogens (tertiary/aromatic N) is 5. The molecule has 0 spiro atoms. The second-order valence-electron chi connectivity index (χ2n) is 4.81. The van der Waals surface area contributed by atoms with E-state index in [4.69, 9.17) is 4.52 Å². The molecule has 0 aliphatic rings. The topological polar surface area (TPSA) is 69.6 Å². The fraction of sp³-hybridized carbons (Fsp3) is 0.385. The van der Waals surface area contributed by atoms with E-state index in [1.807, 2.05) is 6.92 Å². The summed E-state index contributed by atoms with van der Waals surface area (Å²) in [4.78, 5) is 8.19. The van der Waals surface area contributed by atoms with Crippen molar-refractivity contribution in [2.24, 2.45) is 0 Å². The van der Waals surface area contributed by atoms with Crippen molar-refractivity contribution in [1.29, 1.82) is 0 Å². The van der Waals surface area contributed by atoms with Gasteiger partial charge in [-0.2, -0.15) is 18.9 Å². The summed E-state index contributed by atoms with van der Waals surface area (Å²) in [6.45, 7) is 5.14. The van der Waals surface area contributed by atoms with Crippen LogP contribution in [-0.2, 0) is 12.5 Å². The highest BCUT2D eigenvalue weighted by molar-refractivity contribution is 5.80. The van der Waals surface area contributed by atoms with E-state index in [1.165, 1.54) is 0 Å². The molecule has 0 saturated carbocycles. The zero-order valence-electron chi connectivity index (χ0n) is 11.8. The third-order valence-electron chi connectivity index (χ3n) is 3.15. The monoisotopic (exact) mass is 293 g/mol. The second kappa shape index (κ2) is 4.57. The van der Waals surface area contributed by atoms with Gasteiger partial charge in [0.2, 0.25) is 5.82 Å². The zero-order valence-corrected chi connectivity index (χ0v) is 11.8. The lowest BCUT2D eigenvalue weighted by Gasteiger charge is -2.03. The number of alkyl halides is 2. The van der Waals surface area contributed by atoms with Crippen LogP contribution in [0, 0.1) is 6.92 Å². The maximum atomic E-state index is 13.2. The Morgan fingerprint density at radius 1 is 1.33 bits per heavy atom. The van der Waals surface area contributed by atoms with E-state index in [0.717, 1.165) is 18.0 Å². The Balaban J connectivity index is 2.12. The molecule has 0 aliphatic heterocycles. The molecule has 3 heterocycles. The Hall–Kier alpha value is -2.38. The quantitative estimate of drug-likeness (QED) is 0.742. The summed E-state index contributed by atoms with van der Waals surface area (Å²) in [5, 5.41) is 8.32. The molecule has 3 aromatic rings. The summed E-state index contributed by atoms with van der Waals surface area (Å²) in [7, 11) is 0. The predicted octanol–water partition coefficient (Wildman–Crippen LogP) is 2.92. The third kappa shape index (κ3) is 2.26. The number of aryl methyl sites for hydroxylation is 2. The number of hydrogen-bond acceptors (Lipinski definition) is 5. The summed E-state index contributed by atoms with van der Waals surface area (Å²) in [6, 6.07) is 1.77. The van der Waals surface area contributed by atoms with Crippen molar-refractivity contribution in [3.05, 3.63) is 23.8 Å². The Morgan fingerprint density at radius 3 is 2.71 bits per heavy atom. The molecule has 3 aromatic heterocycles. The van der Waals surface area contributed by atoms with Crippen molar-refractivity contribution >= 4 is 11.0 Å². The number of rotatable bonds is 3. The Bertz CT molecular complexity index is 803. The van der Waals surface area contributed by atoms with Gasteiger partial charge in [-0.15, -0.1) is 0 Å². The van der Waals surface area contributed by atoms with E-state index >= 15 is 0 Å². The lowest BCUT2D eigenvalue weighted by Crippen LogP contribution is -2.09. The second-order valence-corrected chi connectivity index (χ2v) is 4.81. The average Bonchev–Trinajstić information content (AvgIpc) is 3.02. The summed E-state index contributed by atoms with van der Waals surface area (Å²) >= 11 is 0. The molecule has 0 fully saturated rings. The van der Waals surface area contributed by atoms with Crippen molar-refractivity contribution in [2.75, 3.05) is 0 Å². The van der Waals surface area contributed by atoms with Gasteiger partial charge in [0.25, 0.3) is 5.89 Å². The first-order valence-corrected chi connectivity index (χ1v) is 6.45. The standard InChI is InChI=1S/C13H13F2N5O/c1-4-20-10-8(6-16-20)5-9(7(2)17-10)11-18-12(19-21-11)13(3,14)15/h5-6H,4H2,1-3H3. The fourth-order valence-corrected chi connectivity index (χ4v) is 2.06. The van der Waals surface area contributed by atoms with Crippen molar-refractivity contribution in [2.45, 2.75) is 33.2 Å². The van der Waals surface area contributed by atoms with Gasteiger partial charge in [-0.3, -0.25) is 0 Å². The molecule has 21 heavy (non-hydrogen) atoms. The SMILES string of the molecule is CCn1ncc2cc(-c3nc(C(C)(F)F)no3)c(C)nc21. The predicted molar refractivity (Wildman–Crippen MR) is 70.8 cm³/mol. The molecule has 0 aliphatic carbocycles. The molecular formula is C13H13F2N5O.